The molecule has 0 radical (unpaired) electrons. The molecule has 0 aromatic rings. The standard InChI is InChI=1S/C47H91NO5/c1-3-5-7-9-11-13-14-15-16-17-18-19-20-21-22-23-24-25-26-27-28-29-30-31-33-34-36-38-40-44(50)46(52)43(42-49)48-47(53)45(51)41-39-37-35-32-12-10-8-6-4-2/h10,12,33-34,43-46,49-52H,3-9,11,13-32,35-42H2,1-2H3,(H,48,53)/b12-10-,34-33+. The molecular formula is C47H91NO5. The number of hydrogen-bond donors (Lipinski definition) is 5. The van der Waals surface area contributed by atoms with Gasteiger partial charge in [0.05, 0.1) is 18.8 Å². The Balaban J connectivity index is 3.62. The van der Waals surface area contributed by atoms with Crippen molar-refractivity contribution in [1.82, 2.24) is 5.32 Å². The fourth-order valence-electron chi connectivity index (χ4n) is 7.15. The summed E-state index contributed by atoms with van der Waals surface area (Å²) in [7, 11) is 0. The summed E-state index contributed by atoms with van der Waals surface area (Å²) in [5.74, 6) is -0.608. The van der Waals surface area contributed by atoms with Crippen molar-refractivity contribution in [3.63, 3.8) is 0 Å². The molecule has 0 aromatic heterocycles. The lowest BCUT2D eigenvalue weighted by molar-refractivity contribution is -0.132. The average molecular weight is 750 g/mol. The maximum atomic E-state index is 12.4. The number of carbonyl (C=O) groups excluding carboxylic acids is 1. The maximum absolute atomic E-state index is 12.4. The number of aliphatic hydroxyl groups is 4. The SMILES string of the molecule is CCCC/C=C\CCCCCC(O)C(=O)NC(CO)C(O)C(O)CCC/C=C/CCCCCCCCCCCCCCCCCCCCCCCCC. The summed E-state index contributed by atoms with van der Waals surface area (Å²) in [5.41, 5.74) is 0. The van der Waals surface area contributed by atoms with Crippen molar-refractivity contribution in [2.24, 2.45) is 0 Å². The highest BCUT2D eigenvalue weighted by atomic mass is 16.3. The van der Waals surface area contributed by atoms with Gasteiger partial charge in [0.1, 0.15) is 12.2 Å². The molecule has 5 N–H and O–H groups in total. The van der Waals surface area contributed by atoms with Crippen molar-refractivity contribution in [1.29, 1.82) is 0 Å². The summed E-state index contributed by atoms with van der Waals surface area (Å²) >= 11 is 0. The van der Waals surface area contributed by atoms with E-state index in [9.17, 15) is 25.2 Å². The normalized spacial score (nSPS) is 14.3. The summed E-state index contributed by atoms with van der Waals surface area (Å²) in [6.45, 7) is 3.98. The molecule has 6 nitrogen and oxygen atoms in total. The Hall–Kier alpha value is -1.21. The molecule has 0 bridgehead atoms. The van der Waals surface area contributed by atoms with Gasteiger partial charge in [-0.25, -0.2) is 0 Å². The van der Waals surface area contributed by atoms with Crippen molar-refractivity contribution in [2.75, 3.05) is 6.61 Å². The zero-order valence-corrected chi connectivity index (χ0v) is 35.3. The van der Waals surface area contributed by atoms with Crippen LogP contribution in [0.5, 0.6) is 0 Å². The molecule has 0 spiro atoms. The van der Waals surface area contributed by atoms with Gasteiger partial charge in [-0.15, -0.1) is 0 Å². The van der Waals surface area contributed by atoms with Crippen LogP contribution in [-0.4, -0.2) is 57.3 Å². The molecule has 0 saturated carbocycles. The summed E-state index contributed by atoms with van der Waals surface area (Å²) < 4.78 is 0. The number of carbonyl (C=O) groups is 1. The fraction of sp³-hybridized carbons (Fsp3) is 0.894. The van der Waals surface area contributed by atoms with Crippen molar-refractivity contribution in [2.45, 2.75) is 263 Å². The first-order valence-electron chi connectivity index (χ1n) is 23.2. The number of allylic oxidation sites excluding steroid dienone is 4. The van der Waals surface area contributed by atoms with Crippen LogP contribution in [0.4, 0.5) is 0 Å². The summed E-state index contributed by atoms with van der Waals surface area (Å²) in [6.07, 6.45) is 48.3. The minimum atomic E-state index is -1.28. The molecule has 0 heterocycles. The second kappa shape index (κ2) is 41.9. The van der Waals surface area contributed by atoms with E-state index < -0.39 is 36.9 Å². The van der Waals surface area contributed by atoms with Crippen LogP contribution in [0.2, 0.25) is 0 Å². The Kier molecular flexibility index (Phi) is 41.0. The summed E-state index contributed by atoms with van der Waals surface area (Å²) in [4.78, 5) is 12.4. The van der Waals surface area contributed by atoms with Crippen LogP contribution in [0, 0.1) is 0 Å². The Morgan fingerprint density at radius 3 is 1.19 bits per heavy atom. The Morgan fingerprint density at radius 2 is 0.792 bits per heavy atom. The molecule has 0 aromatic carbocycles. The van der Waals surface area contributed by atoms with Crippen molar-refractivity contribution in [3.8, 4) is 0 Å². The molecule has 0 rings (SSSR count). The van der Waals surface area contributed by atoms with Gasteiger partial charge in [0, 0.05) is 0 Å². The number of rotatable bonds is 42. The Morgan fingerprint density at radius 1 is 0.453 bits per heavy atom. The first-order chi connectivity index (χ1) is 26.0. The second-order valence-electron chi connectivity index (χ2n) is 16.1. The number of hydrogen-bond acceptors (Lipinski definition) is 5. The van der Waals surface area contributed by atoms with Gasteiger partial charge in [-0.3, -0.25) is 4.79 Å². The average Bonchev–Trinajstić information content (AvgIpc) is 3.16. The second-order valence-corrected chi connectivity index (χ2v) is 16.1. The minimum Gasteiger partial charge on any atom is -0.394 e. The lowest BCUT2D eigenvalue weighted by Gasteiger charge is -2.27. The molecular weight excluding hydrogens is 659 g/mol. The van der Waals surface area contributed by atoms with E-state index >= 15 is 0 Å². The van der Waals surface area contributed by atoms with E-state index in [0.717, 1.165) is 51.4 Å². The highest BCUT2D eigenvalue weighted by molar-refractivity contribution is 5.80. The first kappa shape index (κ1) is 51.8. The third-order valence-corrected chi connectivity index (χ3v) is 10.9. The van der Waals surface area contributed by atoms with Crippen molar-refractivity contribution >= 4 is 5.91 Å². The van der Waals surface area contributed by atoms with Crippen LogP contribution in [0.3, 0.4) is 0 Å². The van der Waals surface area contributed by atoms with E-state index in [1.807, 2.05) is 0 Å². The van der Waals surface area contributed by atoms with Crippen LogP contribution < -0.4 is 5.32 Å². The van der Waals surface area contributed by atoms with Crippen LogP contribution in [-0.2, 0) is 4.79 Å². The Labute approximate surface area is 329 Å². The van der Waals surface area contributed by atoms with Gasteiger partial charge in [0.15, 0.2) is 0 Å². The van der Waals surface area contributed by atoms with Gasteiger partial charge in [-0.1, -0.05) is 205 Å². The summed E-state index contributed by atoms with van der Waals surface area (Å²) in [6, 6.07) is -1.00. The molecule has 0 saturated heterocycles. The van der Waals surface area contributed by atoms with E-state index in [0.29, 0.717) is 12.8 Å². The minimum absolute atomic E-state index is 0.341. The third-order valence-electron chi connectivity index (χ3n) is 10.9. The lowest BCUT2D eigenvalue weighted by atomic mass is 10.00. The lowest BCUT2D eigenvalue weighted by Crippen LogP contribution is -2.53. The maximum Gasteiger partial charge on any atom is 0.249 e. The molecule has 4 atom stereocenters. The molecule has 6 heteroatoms. The quantitative estimate of drug-likeness (QED) is 0.0315. The number of nitrogens with one attached hydrogen (secondary N) is 1. The molecule has 0 fully saturated rings. The highest BCUT2D eigenvalue weighted by Crippen LogP contribution is 2.16. The van der Waals surface area contributed by atoms with E-state index in [1.54, 1.807) is 0 Å². The zero-order valence-electron chi connectivity index (χ0n) is 35.3. The molecule has 314 valence electrons. The Bertz CT molecular complexity index is 802. The number of unbranched alkanes of at least 4 members (excludes halogenated alkanes) is 29. The molecule has 53 heavy (non-hydrogen) atoms. The zero-order chi connectivity index (χ0) is 38.9. The molecule has 1 amide bonds. The van der Waals surface area contributed by atoms with Gasteiger partial charge in [0.25, 0.3) is 0 Å². The molecule has 0 aliphatic carbocycles. The molecule has 4 unspecified atom stereocenters. The largest absolute Gasteiger partial charge is 0.394 e. The van der Waals surface area contributed by atoms with Crippen LogP contribution in [0.25, 0.3) is 0 Å². The topological polar surface area (TPSA) is 110 Å². The van der Waals surface area contributed by atoms with Gasteiger partial charge >= 0.3 is 0 Å². The predicted molar refractivity (Wildman–Crippen MR) is 228 cm³/mol. The van der Waals surface area contributed by atoms with E-state index in [-0.39, 0.29) is 0 Å². The number of aliphatic hydroxyl groups excluding tert-OH is 4. The smallest absolute Gasteiger partial charge is 0.249 e. The van der Waals surface area contributed by atoms with Crippen molar-refractivity contribution in [3.05, 3.63) is 24.3 Å². The van der Waals surface area contributed by atoms with Crippen molar-refractivity contribution < 1.29 is 25.2 Å². The predicted octanol–water partition coefficient (Wildman–Crippen LogP) is 12.4. The first-order valence-corrected chi connectivity index (χ1v) is 23.2. The number of amides is 1. The molecule has 0 aliphatic heterocycles. The van der Waals surface area contributed by atoms with Crippen LogP contribution >= 0.6 is 0 Å². The van der Waals surface area contributed by atoms with Crippen LogP contribution in [0.15, 0.2) is 24.3 Å². The van der Waals surface area contributed by atoms with Gasteiger partial charge in [-0.2, -0.15) is 0 Å². The van der Waals surface area contributed by atoms with Crippen LogP contribution in [0.1, 0.15) is 239 Å². The monoisotopic (exact) mass is 750 g/mol. The summed E-state index contributed by atoms with van der Waals surface area (Å²) in [5, 5.41) is 43.5. The van der Waals surface area contributed by atoms with Gasteiger partial charge in [0.2, 0.25) is 5.91 Å². The van der Waals surface area contributed by atoms with Gasteiger partial charge < -0.3 is 25.7 Å². The molecule has 0 aliphatic rings. The fourth-order valence-corrected chi connectivity index (χ4v) is 7.15. The third kappa shape index (κ3) is 36.2. The van der Waals surface area contributed by atoms with E-state index in [4.69, 9.17) is 0 Å². The van der Waals surface area contributed by atoms with Gasteiger partial charge in [-0.05, 0) is 57.8 Å². The van der Waals surface area contributed by atoms with E-state index in [2.05, 4.69) is 43.5 Å². The van der Waals surface area contributed by atoms with E-state index in [1.165, 1.54) is 161 Å². The highest BCUT2D eigenvalue weighted by Gasteiger charge is 2.28.